The van der Waals surface area contributed by atoms with Crippen molar-refractivity contribution < 1.29 is 0 Å². The maximum atomic E-state index is 5.90. The molecule has 2 nitrogen and oxygen atoms in total. The molecule has 0 unspecified atom stereocenters. The topological polar surface area (TPSA) is 15.3 Å². The van der Waals surface area contributed by atoms with Gasteiger partial charge in [-0.1, -0.05) is 17.7 Å². The molecular weight excluding hydrogens is 240 g/mol. The number of nitrogens with one attached hydrogen (secondary N) is 1. The molecule has 0 saturated heterocycles. The van der Waals surface area contributed by atoms with Crippen molar-refractivity contribution >= 4 is 29.1 Å². The molecule has 4 heteroatoms. The summed E-state index contributed by atoms with van der Waals surface area (Å²) >= 11 is 7.78. The van der Waals surface area contributed by atoms with Crippen LogP contribution < -0.4 is 5.32 Å². The highest BCUT2D eigenvalue weighted by Crippen LogP contribution is 2.14. The Hall–Kier alpha value is -0.380. The third-order valence-electron chi connectivity index (χ3n) is 2.32. The molecule has 90 valence electrons. The van der Waals surface area contributed by atoms with Crippen molar-refractivity contribution in [2.75, 3.05) is 44.0 Å². The number of anilines is 1. The van der Waals surface area contributed by atoms with E-state index in [-0.39, 0.29) is 0 Å². The monoisotopic (exact) mass is 258 g/mol. The number of thioether (sulfide) groups is 1. The molecule has 0 heterocycles. The highest BCUT2D eigenvalue weighted by Gasteiger charge is 1.97. The zero-order chi connectivity index (χ0) is 11.8. The van der Waals surface area contributed by atoms with Crippen LogP contribution in [-0.4, -0.2) is 43.6 Å². The van der Waals surface area contributed by atoms with Gasteiger partial charge in [-0.15, -0.1) is 0 Å². The molecule has 0 saturated carbocycles. The van der Waals surface area contributed by atoms with E-state index in [0.29, 0.717) is 0 Å². The van der Waals surface area contributed by atoms with E-state index in [9.17, 15) is 0 Å². The van der Waals surface area contributed by atoms with Gasteiger partial charge in [0.2, 0.25) is 0 Å². The molecule has 0 spiro atoms. The van der Waals surface area contributed by atoms with Crippen LogP contribution in [0, 0.1) is 0 Å². The van der Waals surface area contributed by atoms with Crippen molar-refractivity contribution in [2.45, 2.75) is 0 Å². The van der Waals surface area contributed by atoms with Gasteiger partial charge in [-0.05, 0) is 31.5 Å². The fourth-order valence-electron chi connectivity index (χ4n) is 1.35. The molecule has 1 rings (SSSR count). The third-order valence-corrected chi connectivity index (χ3v) is 3.15. The van der Waals surface area contributed by atoms with Crippen LogP contribution in [-0.2, 0) is 0 Å². The zero-order valence-electron chi connectivity index (χ0n) is 9.87. The molecule has 0 bridgehead atoms. The Balaban J connectivity index is 2.20. The quantitative estimate of drug-likeness (QED) is 0.809. The molecule has 1 N–H and O–H groups in total. The van der Waals surface area contributed by atoms with Gasteiger partial charge < -0.3 is 10.2 Å². The molecule has 0 aliphatic heterocycles. The lowest BCUT2D eigenvalue weighted by atomic mass is 10.3. The number of hydrogen-bond acceptors (Lipinski definition) is 3. The molecule has 0 aliphatic carbocycles. The van der Waals surface area contributed by atoms with Crippen molar-refractivity contribution in [3.8, 4) is 0 Å². The third kappa shape index (κ3) is 5.64. The molecule has 0 amide bonds. The first-order valence-corrected chi connectivity index (χ1v) is 7.16. The molecule has 0 aliphatic rings. The molecule has 0 aromatic heterocycles. The van der Waals surface area contributed by atoms with Crippen LogP contribution in [0.15, 0.2) is 24.3 Å². The largest absolute Gasteiger partial charge is 0.384 e. The lowest BCUT2D eigenvalue weighted by Crippen LogP contribution is -2.27. The van der Waals surface area contributed by atoms with Gasteiger partial charge in [0.25, 0.3) is 0 Å². The van der Waals surface area contributed by atoms with Gasteiger partial charge in [0.15, 0.2) is 0 Å². The second-order valence-corrected chi connectivity index (χ2v) is 5.16. The van der Waals surface area contributed by atoms with Crippen molar-refractivity contribution in [1.82, 2.24) is 4.90 Å². The van der Waals surface area contributed by atoms with Gasteiger partial charge >= 0.3 is 0 Å². The Kier molecular flexibility index (Phi) is 6.69. The Morgan fingerprint density at radius 2 is 2.19 bits per heavy atom. The van der Waals surface area contributed by atoms with E-state index in [0.717, 1.165) is 30.3 Å². The van der Waals surface area contributed by atoms with E-state index < -0.39 is 0 Å². The first kappa shape index (κ1) is 13.7. The summed E-state index contributed by atoms with van der Waals surface area (Å²) in [6, 6.07) is 7.83. The fraction of sp³-hybridized carbons (Fsp3) is 0.500. The van der Waals surface area contributed by atoms with E-state index in [1.54, 1.807) is 0 Å². The molecular formula is C12H19ClN2S. The van der Waals surface area contributed by atoms with Gasteiger partial charge in [-0.2, -0.15) is 11.8 Å². The van der Waals surface area contributed by atoms with Gasteiger partial charge in [0.1, 0.15) is 0 Å². The molecule has 1 aromatic carbocycles. The summed E-state index contributed by atoms with van der Waals surface area (Å²) in [5, 5.41) is 4.14. The van der Waals surface area contributed by atoms with Crippen LogP contribution in [0.25, 0.3) is 0 Å². The summed E-state index contributed by atoms with van der Waals surface area (Å²) in [6.45, 7) is 3.14. The van der Waals surface area contributed by atoms with Crippen molar-refractivity contribution in [3.63, 3.8) is 0 Å². The van der Waals surface area contributed by atoms with Crippen LogP contribution in [0.2, 0.25) is 5.02 Å². The van der Waals surface area contributed by atoms with Gasteiger partial charge in [-0.3, -0.25) is 0 Å². The smallest absolute Gasteiger partial charge is 0.0426 e. The SMILES string of the molecule is CSCCN(C)CCNc1cccc(Cl)c1. The first-order chi connectivity index (χ1) is 7.72. The fourth-order valence-corrected chi connectivity index (χ4v) is 2.03. The standard InChI is InChI=1S/C12H19ClN2S/c1-15(8-9-16-2)7-6-14-12-5-3-4-11(13)10-12/h3-5,10,14H,6-9H2,1-2H3. The highest BCUT2D eigenvalue weighted by atomic mass is 35.5. The second kappa shape index (κ2) is 7.82. The summed E-state index contributed by atoms with van der Waals surface area (Å²) in [6.07, 6.45) is 2.14. The maximum Gasteiger partial charge on any atom is 0.0426 e. The predicted octanol–water partition coefficient (Wildman–Crippen LogP) is 3.05. The van der Waals surface area contributed by atoms with Gasteiger partial charge in [-0.25, -0.2) is 0 Å². The predicted molar refractivity (Wildman–Crippen MR) is 75.8 cm³/mol. The highest BCUT2D eigenvalue weighted by molar-refractivity contribution is 7.98. The Morgan fingerprint density at radius 1 is 1.38 bits per heavy atom. The number of benzene rings is 1. The first-order valence-electron chi connectivity index (χ1n) is 5.39. The summed E-state index contributed by atoms with van der Waals surface area (Å²) in [7, 11) is 2.15. The lowest BCUT2D eigenvalue weighted by Gasteiger charge is -2.16. The average molecular weight is 259 g/mol. The minimum atomic E-state index is 0.778. The van der Waals surface area contributed by atoms with Crippen LogP contribution in [0.3, 0.4) is 0 Å². The van der Waals surface area contributed by atoms with E-state index in [2.05, 4.69) is 23.5 Å². The minimum absolute atomic E-state index is 0.778. The van der Waals surface area contributed by atoms with Crippen LogP contribution >= 0.6 is 23.4 Å². The van der Waals surface area contributed by atoms with Crippen molar-refractivity contribution in [2.24, 2.45) is 0 Å². The van der Waals surface area contributed by atoms with Crippen LogP contribution in [0.4, 0.5) is 5.69 Å². The summed E-state index contributed by atoms with van der Waals surface area (Å²) in [4.78, 5) is 2.33. The molecule has 0 atom stereocenters. The molecule has 0 fully saturated rings. The number of hydrogen-bond donors (Lipinski definition) is 1. The lowest BCUT2D eigenvalue weighted by molar-refractivity contribution is 0.370. The summed E-state index contributed by atoms with van der Waals surface area (Å²) < 4.78 is 0. The second-order valence-electron chi connectivity index (χ2n) is 3.73. The summed E-state index contributed by atoms with van der Waals surface area (Å²) in [5.41, 5.74) is 1.09. The van der Waals surface area contributed by atoms with Crippen molar-refractivity contribution in [3.05, 3.63) is 29.3 Å². The summed E-state index contributed by atoms with van der Waals surface area (Å²) in [5.74, 6) is 1.19. The zero-order valence-corrected chi connectivity index (χ0v) is 11.4. The van der Waals surface area contributed by atoms with Gasteiger partial charge in [0, 0.05) is 36.1 Å². The van der Waals surface area contributed by atoms with Gasteiger partial charge in [0.05, 0.1) is 0 Å². The van der Waals surface area contributed by atoms with E-state index in [4.69, 9.17) is 11.6 Å². The number of halogens is 1. The van der Waals surface area contributed by atoms with Crippen LogP contribution in [0.5, 0.6) is 0 Å². The minimum Gasteiger partial charge on any atom is -0.384 e. The van der Waals surface area contributed by atoms with E-state index >= 15 is 0 Å². The number of rotatable bonds is 7. The van der Waals surface area contributed by atoms with Crippen molar-refractivity contribution in [1.29, 1.82) is 0 Å². The average Bonchev–Trinajstić information content (AvgIpc) is 2.26. The normalized spacial score (nSPS) is 10.8. The Morgan fingerprint density at radius 3 is 2.88 bits per heavy atom. The van der Waals surface area contributed by atoms with E-state index in [1.165, 1.54) is 5.75 Å². The number of likely N-dealkylation sites (N-methyl/N-ethyl adjacent to an activating group) is 1. The molecule has 16 heavy (non-hydrogen) atoms. The van der Waals surface area contributed by atoms with Crippen LogP contribution in [0.1, 0.15) is 0 Å². The number of nitrogens with zero attached hydrogens (tertiary/aromatic N) is 1. The molecule has 1 aromatic rings. The Labute approximate surface area is 107 Å². The molecule has 0 radical (unpaired) electrons. The maximum absolute atomic E-state index is 5.90. The Bertz CT molecular complexity index is 307. The van der Waals surface area contributed by atoms with E-state index in [1.807, 2.05) is 36.0 Å².